The molecule has 4 aromatic rings. The van der Waals surface area contributed by atoms with Crippen LogP contribution in [0.25, 0.3) is 22.2 Å². The second-order valence-corrected chi connectivity index (χ2v) is 11.2. The number of sulfonamides is 1. The van der Waals surface area contributed by atoms with Gasteiger partial charge in [0.1, 0.15) is 22.2 Å². The van der Waals surface area contributed by atoms with Gasteiger partial charge in [-0.2, -0.15) is 0 Å². The lowest BCUT2D eigenvalue weighted by Gasteiger charge is -2.26. The van der Waals surface area contributed by atoms with Gasteiger partial charge in [0.15, 0.2) is 0 Å². The summed E-state index contributed by atoms with van der Waals surface area (Å²) in [5, 5.41) is 0. The number of hydrogen-bond acceptors (Lipinski definition) is 7. The van der Waals surface area contributed by atoms with Crippen molar-refractivity contribution in [3.63, 3.8) is 0 Å². The molecule has 1 aliphatic heterocycles. The predicted octanol–water partition coefficient (Wildman–Crippen LogP) is 4.64. The van der Waals surface area contributed by atoms with Gasteiger partial charge in [-0.1, -0.05) is 12.5 Å². The first kappa shape index (κ1) is 26.8. The largest absolute Gasteiger partial charge is 0.480 e. The van der Waals surface area contributed by atoms with Gasteiger partial charge >= 0.3 is 0 Å². The summed E-state index contributed by atoms with van der Waals surface area (Å²) in [6, 6.07) is 9.42. The number of ether oxygens (including phenoxy) is 1. The van der Waals surface area contributed by atoms with Crippen molar-refractivity contribution in [2.45, 2.75) is 37.1 Å². The molecule has 39 heavy (non-hydrogen) atoms. The van der Waals surface area contributed by atoms with Crippen LogP contribution >= 0.6 is 0 Å². The van der Waals surface area contributed by atoms with Gasteiger partial charge in [-0.05, 0) is 74.8 Å². The maximum Gasteiger partial charge on any atom is 0.264 e. The van der Waals surface area contributed by atoms with Gasteiger partial charge in [0.2, 0.25) is 11.8 Å². The number of rotatable bonds is 9. The molecule has 3 heterocycles. The van der Waals surface area contributed by atoms with Crippen molar-refractivity contribution >= 4 is 32.7 Å². The van der Waals surface area contributed by atoms with E-state index in [1.165, 1.54) is 26.4 Å². The van der Waals surface area contributed by atoms with Crippen LogP contribution in [0.2, 0.25) is 0 Å². The number of aromatic nitrogens is 3. The van der Waals surface area contributed by atoms with Crippen molar-refractivity contribution in [3.05, 3.63) is 60.3 Å². The molecular formula is C27H30F2N6O3S. The standard InChI is InChI=1S/C27H30F2N6O3S/c1-38-26-23(33-39(36,37)25-9-7-20(28)16-21(25)29)14-19(17-31-26)18-6-8-22-24(15-18)35(27(30)32-22)13-5-12-34-10-3-2-4-11-34/h6-9,14-17,33H,2-5,10-13H2,1H3,(H2,30,32). The average molecular weight is 557 g/mol. The molecule has 2 aromatic heterocycles. The third-order valence-electron chi connectivity index (χ3n) is 6.89. The zero-order chi connectivity index (χ0) is 27.6. The highest BCUT2D eigenvalue weighted by molar-refractivity contribution is 7.92. The van der Waals surface area contributed by atoms with Crippen LogP contribution in [0.4, 0.5) is 20.4 Å². The van der Waals surface area contributed by atoms with Crippen LogP contribution in [0.3, 0.4) is 0 Å². The first-order valence-corrected chi connectivity index (χ1v) is 14.2. The van der Waals surface area contributed by atoms with Crippen molar-refractivity contribution in [2.24, 2.45) is 0 Å². The van der Waals surface area contributed by atoms with Gasteiger partial charge in [-0.25, -0.2) is 27.2 Å². The number of hydrogen-bond donors (Lipinski definition) is 2. The molecule has 12 heteroatoms. The van der Waals surface area contributed by atoms with E-state index in [9.17, 15) is 17.2 Å². The van der Waals surface area contributed by atoms with Gasteiger partial charge in [0.25, 0.3) is 10.0 Å². The Kier molecular flexibility index (Phi) is 7.67. The molecule has 1 aliphatic rings. The predicted molar refractivity (Wildman–Crippen MR) is 146 cm³/mol. The Labute approximate surface area is 225 Å². The van der Waals surface area contributed by atoms with E-state index in [-0.39, 0.29) is 11.6 Å². The molecular weight excluding hydrogens is 526 g/mol. The van der Waals surface area contributed by atoms with E-state index in [1.54, 1.807) is 12.3 Å². The third kappa shape index (κ3) is 5.81. The minimum atomic E-state index is -4.40. The molecule has 0 unspecified atom stereocenters. The number of nitrogens with two attached hydrogens (primary N) is 1. The van der Waals surface area contributed by atoms with Gasteiger partial charge in [0, 0.05) is 24.4 Å². The molecule has 5 rings (SSSR count). The van der Waals surface area contributed by atoms with Crippen LogP contribution in [0.15, 0.2) is 53.6 Å². The van der Waals surface area contributed by atoms with Crippen LogP contribution in [0.1, 0.15) is 25.7 Å². The fourth-order valence-electron chi connectivity index (χ4n) is 4.93. The lowest BCUT2D eigenvalue weighted by molar-refractivity contribution is 0.223. The summed E-state index contributed by atoms with van der Waals surface area (Å²) >= 11 is 0. The maximum absolute atomic E-state index is 14.2. The van der Waals surface area contributed by atoms with Gasteiger partial charge < -0.3 is 19.9 Å². The molecule has 0 saturated carbocycles. The minimum absolute atomic E-state index is 0.00192. The Morgan fingerprint density at radius 1 is 1.03 bits per heavy atom. The van der Waals surface area contributed by atoms with Crippen LogP contribution in [0.5, 0.6) is 5.88 Å². The minimum Gasteiger partial charge on any atom is -0.480 e. The van der Waals surface area contributed by atoms with Gasteiger partial charge in [-0.3, -0.25) is 4.72 Å². The zero-order valence-corrected chi connectivity index (χ0v) is 22.3. The number of imidazole rings is 1. The summed E-state index contributed by atoms with van der Waals surface area (Å²) in [6.07, 6.45) is 6.27. The first-order chi connectivity index (χ1) is 18.7. The van der Waals surface area contributed by atoms with E-state index in [0.717, 1.165) is 61.3 Å². The number of nitrogens with one attached hydrogen (secondary N) is 1. The fourth-order valence-corrected chi connectivity index (χ4v) is 6.04. The lowest BCUT2D eigenvalue weighted by Crippen LogP contribution is -2.31. The monoisotopic (exact) mass is 556 g/mol. The van der Waals surface area contributed by atoms with Crippen LogP contribution < -0.4 is 15.2 Å². The Bertz CT molecular complexity index is 1600. The van der Waals surface area contributed by atoms with Crippen molar-refractivity contribution in [3.8, 4) is 17.0 Å². The highest BCUT2D eigenvalue weighted by atomic mass is 32.2. The van der Waals surface area contributed by atoms with E-state index in [0.29, 0.717) is 17.6 Å². The Balaban J connectivity index is 1.42. The van der Waals surface area contributed by atoms with Gasteiger partial charge in [-0.15, -0.1) is 0 Å². The molecule has 0 spiro atoms. The molecule has 2 aromatic carbocycles. The van der Waals surface area contributed by atoms with E-state index < -0.39 is 26.6 Å². The third-order valence-corrected chi connectivity index (χ3v) is 8.29. The van der Waals surface area contributed by atoms with Gasteiger partial charge in [0.05, 0.1) is 18.1 Å². The summed E-state index contributed by atoms with van der Waals surface area (Å²) < 4.78 is 62.9. The molecule has 0 atom stereocenters. The summed E-state index contributed by atoms with van der Waals surface area (Å²) in [5.41, 5.74) is 9.21. The van der Waals surface area contributed by atoms with Crippen LogP contribution in [0, 0.1) is 11.6 Å². The number of benzene rings is 2. The SMILES string of the molecule is COc1ncc(-c2ccc3nc(N)n(CCCN4CCCCC4)c3c2)cc1NS(=O)(=O)c1ccc(F)cc1F. The molecule has 0 aliphatic carbocycles. The molecule has 206 valence electrons. The molecule has 9 nitrogen and oxygen atoms in total. The van der Waals surface area contributed by atoms with Crippen molar-refractivity contribution < 1.29 is 21.9 Å². The van der Waals surface area contributed by atoms with E-state index in [4.69, 9.17) is 10.5 Å². The summed E-state index contributed by atoms with van der Waals surface area (Å²) in [5.74, 6) is -1.65. The highest BCUT2D eigenvalue weighted by Crippen LogP contribution is 2.32. The molecule has 3 N–H and O–H groups in total. The van der Waals surface area contributed by atoms with Crippen molar-refractivity contribution in [1.82, 2.24) is 19.4 Å². The van der Waals surface area contributed by atoms with E-state index in [1.807, 2.05) is 22.8 Å². The number of pyridine rings is 1. The fraction of sp³-hybridized carbons (Fsp3) is 0.333. The number of anilines is 2. The normalized spacial score (nSPS) is 14.5. The average Bonchev–Trinajstić information content (AvgIpc) is 3.23. The lowest BCUT2D eigenvalue weighted by atomic mass is 10.1. The summed E-state index contributed by atoms with van der Waals surface area (Å²) in [6.45, 7) is 3.99. The Hall–Kier alpha value is -3.77. The van der Waals surface area contributed by atoms with Crippen molar-refractivity contribution in [2.75, 3.05) is 37.2 Å². The van der Waals surface area contributed by atoms with E-state index in [2.05, 4.69) is 19.6 Å². The van der Waals surface area contributed by atoms with Crippen molar-refractivity contribution in [1.29, 1.82) is 0 Å². The number of nitrogen functional groups attached to an aromatic ring is 1. The second-order valence-electron chi connectivity index (χ2n) is 9.54. The first-order valence-electron chi connectivity index (χ1n) is 12.8. The number of fused-ring (bicyclic) bond motifs is 1. The number of aryl methyl sites for hydroxylation is 1. The Morgan fingerprint density at radius 2 is 1.82 bits per heavy atom. The number of halogens is 2. The summed E-state index contributed by atoms with van der Waals surface area (Å²) in [4.78, 5) is 10.5. The topological polar surface area (TPSA) is 115 Å². The molecule has 1 fully saturated rings. The number of nitrogens with zero attached hydrogens (tertiary/aromatic N) is 4. The molecule has 1 saturated heterocycles. The van der Waals surface area contributed by atoms with Crippen LogP contribution in [-0.4, -0.2) is 54.6 Å². The molecule has 0 radical (unpaired) electrons. The number of piperidine rings is 1. The highest BCUT2D eigenvalue weighted by Gasteiger charge is 2.22. The quantitative estimate of drug-likeness (QED) is 0.309. The molecule has 0 amide bonds. The number of likely N-dealkylation sites (tertiary alicyclic amines) is 1. The van der Waals surface area contributed by atoms with Crippen LogP contribution in [-0.2, 0) is 16.6 Å². The number of methoxy groups -OCH3 is 1. The Morgan fingerprint density at radius 3 is 2.56 bits per heavy atom. The summed E-state index contributed by atoms with van der Waals surface area (Å²) in [7, 11) is -3.05. The maximum atomic E-state index is 14.2. The van der Waals surface area contributed by atoms with E-state index >= 15 is 0 Å². The molecule has 0 bridgehead atoms. The smallest absolute Gasteiger partial charge is 0.264 e. The zero-order valence-electron chi connectivity index (χ0n) is 21.5. The second kappa shape index (κ2) is 11.1.